The third kappa shape index (κ3) is 23.2. The Labute approximate surface area is 174 Å². The predicted molar refractivity (Wildman–Crippen MR) is 118 cm³/mol. The van der Waals surface area contributed by atoms with Crippen molar-refractivity contribution in [2.24, 2.45) is 0 Å². The van der Waals surface area contributed by atoms with E-state index in [9.17, 15) is 9.36 Å². The van der Waals surface area contributed by atoms with Crippen molar-refractivity contribution in [1.29, 1.82) is 0 Å². The molecule has 28 heavy (non-hydrogen) atoms. The van der Waals surface area contributed by atoms with Crippen molar-refractivity contribution in [3.8, 4) is 0 Å². The fourth-order valence-corrected chi connectivity index (χ4v) is 3.30. The average molecular weight is 434 g/mol. The second-order valence-electron chi connectivity index (χ2n) is 6.36. The standard InChI is InChI=1S/C20H36NO5PS/c1-2-3-4-5-6-7-8-9-10-11-12-13-14-15-16-17-20(22)21-18-19-28-26-27(23,24)25/h6-7,9-10,12-13H,2-5,8,11,14-19H2,1H3,(H,21,22)(H2,23,24,25)/b7-6-,10-9-,13-12-. The summed E-state index contributed by atoms with van der Waals surface area (Å²) in [6.45, 7) is 2.54. The van der Waals surface area contributed by atoms with Crippen molar-refractivity contribution in [2.75, 3.05) is 12.3 Å². The Kier molecular flexibility index (Phi) is 18.9. The van der Waals surface area contributed by atoms with Crippen molar-refractivity contribution < 1.29 is 23.1 Å². The van der Waals surface area contributed by atoms with Crippen LogP contribution in [0.5, 0.6) is 0 Å². The fourth-order valence-electron chi connectivity index (χ4n) is 2.26. The van der Waals surface area contributed by atoms with Crippen LogP contribution in [0.1, 0.15) is 71.1 Å². The second kappa shape index (κ2) is 19.5. The molecule has 0 aliphatic carbocycles. The van der Waals surface area contributed by atoms with E-state index < -0.39 is 7.82 Å². The third-order valence-electron chi connectivity index (χ3n) is 3.70. The summed E-state index contributed by atoms with van der Waals surface area (Å²) in [7, 11) is -4.44. The number of amides is 1. The van der Waals surface area contributed by atoms with Crippen LogP contribution in [0.15, 0.2) is 36.5 Å². The highest BCUT2D eigenvalue weighted by molar-refractivity contribution is 7.97. The molecule has 8 heteroatoms. The SMILES string of the molecule is CCCCC/C=C\C/C=C\C/C=C\CCCCC(=O)NCCSOP(=O)(O)O. The zero-order valence-electron chi connectivity index (χ0n) is 16.9. The number of nitrogens with one attached hydrogen (secondary N) is 1. The number of carbonyl (C=O) groups is 1. The van der Waals surface area contributed by atoms with Crippen LogP contribution in [0, 0.1) is 0 Å². The van der Waals surface area contributed by atoms with Gasteiger partial charge in [-0.3, -0.25) is 4.79 Å². The molecule has 0 unspecified atom stereocenters. The van der Waals surface area contributed by atoms with Crippen molar-refractivity contribution in [2.45, 2.75) is 71.1 Å². The molecule has 0 heterocycles. The van der Waals surface area contributed by atoms with Gasteiger partial charge in [-0.2, -0.15) is 0 Å². The molecule has 0 aromatic heterocycles. The van der Waals surface area contributed by atoms with Crippen molar-refractivity contribution in [3.63, 3.8) is 0 Å². The Hall–Kier alpha value is -0.850. The van der Waals surface area contributed by atoms with E-state index in [1.54, 1.807) is 0 Å². The number of rotatable bonds is 18. The highest BCUT2D eigenvalue weighted by Crippen LogP contribution is 2.40. The van der Waals surface area contributed by atoms with Gasteiger partial charge in [0.05, 0.1) is 0 Å². The van der Waals surface area contributed by atoms with E-state index >= 15 is 0 Å². The molecular weight excluding hydrogens is 397 g/mol. The molecule has 0 aliphatic heterocycles. The summed E-state index contributed by atoms with van der Waals surface area (Å²) in [6, 6.07) is 0. The molecule has 0 aromatic carbocycles. The summed E-state index contributed by atoms with van der Waals surface area (Å²) in [5.41, 5.74) is 0. The Bertz CT molecular complexity index is 517. The molecule has 0 fully saturated rings. The first-order valence-corrected chi connectivity index (χ1v) is 12.5. The minimum Gasteiger partial charge on any atom is -0.355 e. The van der Waals surface area contributed by atoms with Crippen LogP contribution < -0.4 is 5.32 Å². The number of hydrogen-bond acceptors (Lipinski definition) is 4. The van der Waals surface area contributed by atoms with E-state index in [-0.39, 0.29) is 5.91 Å². The van der Waals surface area contributed by atoms with Gasteiger partial charge in [-0.15, -0.1) is 0 Å². The highest BCUT2D eigenvalue weighted by atomic mass is 32.2. The zero-order valence-corrected chi connectivity index (χ0v) is 18.6. The van der Waals surface area contributed by atoms with Gasteiger partial charge in [0.2, 0.25) is 5.91 Å². The van der Waals surface area contributed by atoms with Crippen LogP contribution in [0.4, 0.5) is 0 Å². The van der Waals surface area contributed by atoms with Gasteiger partial charge in [0.15, 0.2) is 0 Å². The maximum atomic E-state index is 11.6. The fraction of sp³-hybridized carbons (Fsp3) is 0.650. The monoisotopic (exact) mass is 433 g/mol. The Morgan fingerprint density at radius 3 is 2.11 bits per heavy atom. The van der Waals surface area contributed by atoms with E-state index in [0.717, 1.165) is 32.1 Å². The van der Waals surface area contributed by atoms with Crippen molar-refractivity contribution in [3.05, 3.63) is 36.5 Å². The van der Waals surface area contributed by atoms with Crippen LogP contribution >= 0.6 is 19.9 Å². The topological polar surface area (TPSA) is 95.9 Å². The first-order valence-electron chi connectivity index (χ1n) is 10.0. The lowest BCUT2D eigenvalue weighted by molar-refractivity contribution is -0.121. The highest BCUT2D eigenvalue weighted by Gasteiger charge is 2.13. The molecule has 0 radical (unpaired) electrons. The molecule has 0 rings (SSSR count). The zero-order chi connectivity index (χ0) is 20.9. The Morgan fingerprint density at radius 2 is 1.54 bits per heavy atom. The number of allylic oxidation sites excluding steroid dienone is 6. The lowest BCUT2D eigenvalue weighted by Crippen LogP contribution is -2.25. The lowest BCUT2D eigenvalue weighted by atomic mass is 10.1. The Balaban J connectivity index is 3.44. The number of unbranched alkanes of at least 4 members (excludes halogenated alkanes) is 5. The molecule has 0 saturated carbocycles. The van der Waals surface area contributed by atoms with Crippen LogP contribution in [0.25, 0.3) is 0 Å². The van der Waals surface area contributed by atoms with Crippen LogP contribution in [0.2, 0.25) is 0 Å². The summed E-state index contributed by atoms with van der Waals surface area (Å²) >= 11 is 0.655. The smallest absolute Gasteiger partial charge is 0.355 e. The third-order valence-corrected chi connectivity index (χ3v) is 5.27. The Morgan fingerprint density at radius 1 is 0.964 bits per heavy atom. The number of hydrogen-bond donors (Lipinski definition) is 3. The first kappa shape index (κ1) is 27.1. The predicted octanol–water partition coefficient (Wildman–Crippen LogP) is 5.45. The molecule has 0 aliphatic rings. The van der Waals surface area contributed by atoms with Gasteiger partial charge in [0, 0.05) is 30.8 Å². The van der Waals surface area contributed by atoms with E-state index in [4.69, 9.17) is 9.79 Å². The largest absolute Gasteiger partial charge is 0.480 e. The summed E-state index contributed by atoms with van der Waals surface area (Å²) in [5, 5.41) is 2.69. The van der Waals surface area contributed by atoms with Gasteiger partial charge < -0.3 is 15.1 Å². The minimum absolute atomic E-state index is 0.0496. The average Bonchev–Trinajstić information content (AvgIpc) is 2.63. The quantitative estimate of drug-likeness (QED) is 0.115. The molecule has 0 saturated heterocycles. The number of phosphoric acid groups is 1. The second-order valence-corrected chi connectivity index (χ2v) is 8.59. The van der Waals surface area contributed by atoms with Gasteiger partial charge in [0.25, 0.3) is 0 Å². The molecular formula is C20H36NO5PS. The molecule has 0 spiro atoms. The maximum absolute atomic E-state index is 11.6. The van der Waals surface area contributed by atoms with Crippen LogP contribution in [-0.4, -0.2) is 28.0 Å². The minimum atomic E-state index is -4.44. The van der Waals surface area contributed by atoms with E-state index in [1.165, 1.54) is 25.7 Å². The van der Waals surface area contributed by atoms with Gasteiger partial charge in [0.1, 0.15) is 0 Å². The van der Waals surface area contributed by atoms with E-state index in [2.05, 4.69) is 52.7 Å². The maximum Gasteiger partial charge on any atom is 0.480 e. The van der Waals surface area contributed by atoms with Gasteiger partial charge >= 0.3 is 7.82 Å². The van der Waals surface area contributed by atoms with Gasteiger partial charge in [-0.05, 0) is 44.9 Å². The molecule has 3 N–H and O–H groups in total. The molecule has 162 valence electrons. The molecule has 0 bridgehead atoms. The van der Waals surface area contributed by atoms with Crippen molar-refractivity contribution >= 4 is 25.8 Å². The molecule has 1 amide bonds. The normalized spacial score (nSPS) is 12.5. The summed E-state index contributed by atoms with van der Waals surface area (Å²) in [5.74, 6) is 0.244. The molecule has 0 atom stereocenters. The molecule has 6 nitrogen and oxygen atoms in total. The lowest BCUT2D eigenvalue weighted by Gasteiger charge is -2.05. The summed E-state index contributed by atoms with van der Waals surface area (Å²) in [6.07, 6.45) is 23.4. The summed E-state index contributed by atoms with van der Waals surface area (Å²) < 4.78 is 14.7. The van der Waals surface area contributed by atoms with Crippen LogP contribution in [-0.2, 0) is 13.3 Å². The van der Waals surface area contributed by atoms with Gasteiger partial charge in [-0.25, -0.2) is 8.54 Å². The summed E-state index contributed by atoms with van der Waals surface area (Å²) in [4.78, 5) is 28.6. The molecule has 0 aromatic rings. The first-order chi connectivity index (χ1) is 13.5. The van der Waals surface area contributed by atoms with Crippen molar-refractivity contribution in [1.82, 2.24) is 5.32 Å². The number of carbonyl (C=O) groups excluding carboxylic acids is 1. The van der Waals surface area contributed by atoms with Gasteiger partial charge in [-0.1, -0.05) is 56.2 Å². The van der Waals surface area contributed by atoms with E-state index in [0.29, 0.717) is 30.8 Å². The van der Waals surface area contributed by atoms with Crippen LogP contribution in [0.3, 0.4) is 0 Å². The van der Waals surface area contributed by atoms with E-state index in [1.807, 2.05) is 0 Å².